The van der Waals surface area contributed by atoms with Gasteiger partial charge in [-0.3, -0.25) is 0 Å². The lowest BCUT2D eigenvalue weighted by Crippen LogP contribution is -2.05. The molecule has 0 bridgehead atoms. The quantitative estimate of drug-likeness (QED) is 0.631. The number of nitrogens with one attached hydrogen (secondary N) is 1. The summed E-state index contributed by atoms with van der Waals surface area (Å²) in [4.78, 5) is 25.6. The highest BCUT2D eigenvalue weighted by atomic mass is 16.6. The first-order valence-electron chi connectivity index (χ1n) is 5.14. The molecule has 0 radical (unpaired) electrons. The summed E-state index contributed by atoms with van der Waals surface area (Å²) in [5, 5.41) is 0. The summed E-state index contributed by atoms with van der Waals surface area (Å²) in [6, 6.07) is 1.45. The first-order chi connectivity index (χ1) is 7.60. The van der Waals surface area contributed by atoms with Gasteiger partial charge < -0.3 is 14.5 Å². The van der Waals surface area contributed by atoms with Crippen LogP contribution in [0.3, 0.4) is 0 Å². The summed E-state index contributed by atoms with van der Waals surface area (Å²) in [6.45, 7) is 5.75. The lowest BCUT2D eigenvalue weighted by atomic mass is 10.5. The molecule has 5 nitrogen and oxygen atoms in total. The van der Waals surface area contributed by atoms with Crippen LogP contribution in [0.2, 0.25) is 0 Å². The predicted molar refractivity (Wildman–Crippen MR) is 57.4 cm³/mol. The van der Waals surface area contributed by atoms with Gasteiger partial charge in [0.25, 0.3) is 0 Å². The largest absolute Gasteiger partial charge is 0.462 e. The van der Waals surface area contributed by atoms with Gasteiger partial charge >= 0.3 is 11.9 Å². The van der Waals surface area contributed by atoms with Gasteiger partial charge in [-0.1, -0.05) is 0 Å². The first kappa shape index (κ1) is 12.3. The van der Waals surface area contributed by atoms with Crippen LogP contribution in [0.1, 0.15) is 40.4 Å². The van der Waals surface area contributed by atoms with Crippen LogP contribution in [0.5, 0.6) is 0 Å². The molecule has 0 amide bonds. The molecule has 0 fully saturated rings. The van der Waals surface area contributed by atoms with Crippen molar-refractivity contribution in [2.75, 3.05) is 13.2 Å². The zero-order valence-corrected chi connectivity index (χ0v) is 9.62. The average molecular weight is 230 g/mol. The Labute approximate surface area is 93.7 Å². The van der Waals surface area contributed by atoms with Crippen LogP contribution in [-0.4, -0.2) is 30.1 Å². The molecule has 16 heavy (non-hydrogen) atoms. The van der Waals surface area contributed by atoms with Crippen molar-refractivity contribution >= 4 is 11.9 Å². The molecule has 0 aromatic carbocycles. The van der Waals surface area contributed by atoms with Crippen molar-refractivity contribution in [3.8, 4) is 0 Å². The average Bonchev–Trinajstić information content (AvgIpc) is 2.61. The van der Waals surface area contributed by atoms with Crippen LogP contribution in [0.4, 0.5) is 0 Å². The Hall–Kier alpha value is -1.78. The molecule has 1 heterocycles. The highest BCUT2D eigenvalue weighted by Crippen LogP contribution is 2.12. The second kappa shape index (κ2) is 5.34. The van der Waals surface area contributed by atoms with E-state index in [4.69, 9.17) is 9.47 Å². The van der Waals surface area contributed by atoms with Gasteiger partial charge in [0, 0.05) is 5.69 Å². The molecule has 5 heteroatoms. The number of H-pyrrole nitrogens is 1. The van der Waals surface area contributed by atoms with Gasteiger partial charge in [0.05, 0.1) is 18.8 Å². The van der Waals surface area contributed by atoms with Crippen LogP contribution in [0.15, 0.2) is 6.07 Å². The van der Waals surface area contributed by atoms with Gasteiger partial charge in [0.1, 0.15) is 5.69 Å². The summed E-state index contributed by atoms with van der Waals surface area (Å²) in [7, 11) is 0. The first-order valence-corrected chi connectivity index (χ1v) is 5.14. The topological polar surface area (TPSA) is 68.4 Å². The molecule has 1 aromatic heterocycles. The zero-order chi connectivity index (χ0) is 12.1. The molecular weight excluding hydrogens is 215 g/mol. The molecule has 1 rings (SSSR count). The van der Waals surface area contributed by atoms with Crippen LogP contribution < -0.4 is 0 Å². The highest BCUT2D eigenvalue weighted by molar-refractivity contribution is 5.95. The van der Waals surface area contributed by atoms with E-state index in [1.807, 2.05) is 0 Å². The van der Waals surface area contributed by atoms with Crippen molar-refractivity contribution in [2.24, 2.45) is 0 Å². The smallest absolute Gasteiger partial charge is 0.354 e. The van der Waals surface area contributed by atoms with E-state index in [1.54, 1.807) is 20.8 Å². The van der Waals surface area contributed by atoms with Crippen LogP contribution in [0.25, 0.3) is 0 Å². The SMILES string of the molecule is CCOC(=O)c1c[13c]([13C](=O)OCC)[13c]([13CH3])[15nH]1. The molecule has 0 unspecified atom stereocenters. The third-order valence-corrected chi connectivity index (χ3v) is 2.01. The summed E-state index contributed by atoms with van der Waals surface area (Å²) in [5.74, 6) is -0.909. The molecule has 0 aliphatic heterocycles. The van der Waals surface area contributed by atoms with Crippen molar-refractivity contribution in [3.05, 3.63) is 23.0 Å². The summed E-state index contributed by atoms with van der Waals surface area (Å²) in [5.41, 5.74) is 1.23. The predicted octanol–water partition coefficient (Wildman–Crippen LogP) is 1.68. The fraction of sp³-hybridized carbons (Fsp3) is 0.455. The Kier molecular flexibility index (Phi) is 4.10. The molecular formula is C11H15NO4. The fourth-order valence-corrected chi connectivity index (χ4v) is 1.30. The number of aryl methyl sites for hydroxylation is 1. The molecule has 0 atom stereocenters. The molecule has 0 aliphatic carbocycles. The second-order valence-electron chi connectivity index (χ2n) is 3.16. The molecule has 0 saturated carbocycles. The molecule has 0 saturated heterocycles. The van der Waals surface area contributed by atoms with E-state index in [2.05, 4.69) is 4.98 Å². The zero-order valence-electron chi connectivity index (χ0n) is 9.62. The number of aromatic nitrogens is 1. The van der Waals surface area contributed by atoms with Crippen LogP contribution >= 0.6 is 0 Å². The van der Waals surface area contributed by atoms with E-state index in [0.29, 0.717) is 24.5 Å². The Morgan fingerprint density at radius 1 is 1.19 bits per heavy atom. The lowest BCUT2D eigenvalue weighted by molar-refractivity contribution is 0.0518. The Bertz CT molecular complexity index is 395. The number of hydrogen-bond acceptors (Lipinski definition) is 4. The monoisotopic (exact) mass is 230 g/mol. The number of rotatable bonds is 4. The van der Waals surface area contributed by atoms with E-state index in [1.165, 1.54) is 6.07 Å². The maximum absolute atomic E-state index is 11.5. The molecule has 1 aromatic rings. The minimum absolute atomic E-state index is 0.266. The van der Waals surface area contributed by atoms with Crippen molar-refractivity contribution in [1.82, 2.24) is 4.98 Å². The van der Waals surface area contributed by atoms with Gasteiger partial charge in [-0.2, -0.15) is 0 Å². The minimum atomic E-state index is -0.471. The van der Waals surface area contributed by atoms with E-state index >= 15 is 0 Å². The van der Waals surface area contributed by atoms with Crippen molar-refractivity contribution in [3.63, 3.8) is 0 Å². The molecule has 0 spiro atoms. The number of hydrogen-bond donors (Lipinski definition) is 1. The number of carbonyl (C=O) groups is 2. The Morgan fingerprint density at radius 3 is 2.31 bits per heavy atom. The summed E-state index contributed by atoms with van der Waals surface area (Å²) >= 11 is 0. The Balaban J connectivity index is 2.89. The number of ether oxygens (including phenoxy) is 2. The maximum Gasteiger partial charge on any atom is 0.354 e. The second-order valence-corrected chi connectivity index (χ2v) is 3.16. The van der Waals surface area contributed by atoms with E-state index in [0.717, 1.165) is 0 Å². The molecule has 0 aliphatic rings. The number of carbonyl (C=O) groups excluding carboxylic acids is 2. The van der Waals surface area contributed by atoms with Gasteiger partial charge in [0.2, 0.25) is 0 Å². The fourth-order valence-electron chi connectivity index (χ4n) is 1.30. The normalized spacial score (nSPS) is 9.94. The van der Waals surface area contributed by atoms with E-state index in [-0.39, 0.29) is 5.69 Å². The Morgan fingerprint density at radius 2 is 1.75 bits per heavy atom. The van der Waals surface area contributed by atoms with Crippen LogP contribution in [0, 0.1) is 6.92 Å². The molecule has 1 N–H and O–H groups in total. The van der Waals surface area contributed by atoms with E-state index < -0.39 is 11.9 Å². The van der Waals surface area contributed by atoms with Gasteiger partial charge in [-0.05, 0) is 26.8 Å². The van der Waals surface area contributed by atoms with E-state index in [9.17, 15) is 9.59 Å². The van der Waals surface area contributed by atoms with Crippen molar-refractivity contribution in [2.45, 2.75) is 20.8 Å². The van der Waals surface area contributed by atoms with Crippen molar-refractivity contribution in [1.29, 1.82) is 0 Å². The van der Waals surface area contributed by atoms with Crippen LogP contribution in [-0.2, 0) is 9.47 Å². The third-order valence-electron chi connectivity index (χ3n) is 2.01. The highest BCUT2D eigenvalue weighted by Gasteiger charge is 2.17. The van der Waals surface area contributed by atoms with Gasteiger partial charge in [-0.15, -0.1) is 0 Å². The molecule has 88 valence electrons. The third kappa shape index (κ3) is 2.62. The van der Waals surface area contributed by atoms with Crippen molar-refractivity contribution < 1.29 is 19.1 Å². The lowest BCUT2D eigenvalue weighted by Gasteiger charge is -1.98. The summed E-state index contributed by atoms with van der Waals surface area (Å²) in [6.07, 6.45) is 0. The van der Waals surface area contributed by atoms with Gasteiger partial charge in [0.15, 0.2) is 0 Å². The maximum atomic E-state index is 11.5. The van der Waals surface area contributed by atoms with Gasteiger partial charge in [-0.25, -0.2) is 9.59 Å². The number of esters is 2. The summed E-state index contributed by atoms with van der Waals surface area (Å²) < 4.78 is 9.66. The standard InChI is InChI=1S/C11H15NO4/c1-4-15-10(13)8-6-9(12-7(8)3)11(14)16-5-2/h6,12H,4-5H2,1-3H3/i3+1,7+1,8+1,10+1,12+1. The minimum Gasteiger partial charge on any atom is -0.462 e. The number of aromatic amines is 1.